The highest BCUT2D eigenvalue weighted by atomic mass is 35.5. The number of halogens is 2. The van der Waals surface area contributed by atoms with E-state index in [9.17, 15) is 17.6 Å². The third-order valence-electron chi connectivity index (χ3n) is 5.39. The molecule has 4 rings (SSSR count). The van der Waals surface area contributed by atoms with Crippen molar-refractivity contribution >= 4 is 39.3 Å². The Morgan fingerprint density at radius 1 is 1.00 bits per heavy atom. The minimum Gasteiger partial charge on any atom is -0.351 e. The zero-order valence-electron chi connectivity index (χ0n) is 19.5. The molecule has 0 saturated carbocycles. The van der Waals surface area contributed by atoms with Crippen LogP contribution in [0.1, 0.15) is 21.7 Å². The van der Waals surface area contributed by atoms with Crippen LogP contribution in [-0.4, -0.2) is 36.7 Å². The molecule has 0 atom stereocenters. The minimum absolute atomic E-state index is 0.0764. The molecule has 37 heavy (non-hydrogen) atoms. The number of carbonyl (C=O) groups excluding carboxylic acids is 1. The van der Waals surface area contributed by atoms with E-state index in [-0.39, 0.29) is 23.0 Å². The molecule has 4 aromatic rings. The van der Waals surface area contributed by atoms with E-state index in [0.29, 0.717) is 23.7 Å². The van der Waals surface area contributed by atoms with E-state index in [0.717, 1.165) is 16.2 Å². The molecule has 0 unspecified atom stereocenters. The molecular formula is C26H23ClFN3O4S2. The average Bonchev–Trinajstić information content (AvgIpc) is 3.42. The van der Waals surface area contributed by atoms with E-state index in [4.69, 9.17) is 16.1 Å². The summed E-state index contributed by atoms with van der Waals surface area (Å²) < 4.78 is 46.3. The second kappa shape index (κ2) is 12.4. The quantitative estimate of drug-likeness (QED) is 0.247. The second-order valence-electron chi connectivity index (χ2n) is 8.03. The monoisotopic (exact) mass is 559 g/mol. The maximum Gasteiger partial charge on any atom is 0.303 e. The minimum atomic E-state index is -4.11. The number of amides is 1. The van der Waals surface area contributed by atoms with Gasteiger partial charge in [0.25, 0.3) is 10.0 Å². The van der Waals surface area contributed by atoms with Gasteiger partial charge in [0, 0.05) is 46.9 Å². The number of hydrogen-bond acceptors (Lipinski definition) is 7. The summed E-state index contributed by atoms with van der Waals surface area (Å²) in [5.41, 5.74) is 1.22. The summed E-state index contributed by atoms with van der Waals surface area (Å²) in [6.07, 6.45) is 1.24. The predicted octanol–water partition coefficient (Wildman–Crippen LogP) is 5.38. The van der Waals surface area contributed by atoms with Gasteiger partial charge in [-0.25, -0.2) is 17.5 Å². The fourth-order valence-electron chi connectivity index (χ4n) is 3.53. The number of nitrogens with one attached hydrogen (secondary N) is 1. The van der Waals surface area contributed by atoms with E-state index in [2.05, 4.69) is 10.1 Å². The van der Waals surface area contributed by atoms with E-state index in [1.54, 1.807) is 36.0 Å². The number of hydrogen-bond donors (Lipinski definition) is 1. The molecule has 192 valence electrons. The van der Waals surface area contributed by atoms with Crippen molar-refractivity contribution in [2.45, 2.75) is 22.9 Å². The molecule has 1 N–H and O–H groups in total. The standard InChI is InChI=1S/C26H23ClFN3O4S2/c27-23-7-4-8-24(28)22(23)18-31(15-16-36-20-5-2-1-3-6-20)17-19-9-11-21(12-10-19)37(33,34)30-26(32)25-13-14-29-35-25/h1-14H,15-18H2,(H,30,32). The molecule has 0 aliphatic heterocycles. The number of thioether (sulfide) groups is 1. The van der Waals surface area contributed by atoms with Crippen LogP contribution in [-0.2, 0) is 23.1 Å². The van der Waals surface area contributed by atoms with Gasteiger partial charge in [-0.2, -0.15) is 0 Å². The fraction of sp³-hybridized carbons (Fsp3) is 0.154. The summed E-state index contributed by atoms with van der Waals surface area (Å²) in [5, 5.41) is 3.75. The van der Waals surface area contributed by atoms with Gasteiger partial charge in [-0.05, 0) is 42.0 Å². The topological polar surface area (TPSA) is 92.5 Å². The van der Waals surface area contributed by atoms with Gasteiger partial charge < -0.3 is 4.52 Å². The van der Waals surface area contributed by atoms with Crippen molar-refractivity contribution < 1.29 is 22.1 Å². The summed E-state index contributed by atoms with van der Waals surface area (Å²) in [6, 6.07) is 22.0. The first-order chi connectivity index (χ1) is 17.8. The highest BCUT2D eigenvalue weighted by Crippen LogP contribution is 2.23. The van der Waals surface area contributed by atoms with Gasteiger partial charge >= 0.3 is 5.91 Å². The van der Waals surface area contributed by atoms with Gasteiger partial charge in [0.15, 0.2) is 0 Å². The van der Waals surface area contributed by atoms with Crippen LogP contribution in [0.15, 0.2) is 99.4 Å². The highest BCUT2D eigenvalue weighted by Gasteiger charge is 2.21. The van der Waals surface area contributed by atoms with Crippen LogP contribution in [0.25, 0.3) is 0 Å². The SMILES string of the molecule is O=C(NS(=O)(=O)c1ccc(CN(CCSc2ccccc2)Cc2c(F)cccc2Cl)cc1)c1ccno1. The number of carbonyl (C=O) groups is 1. The van der Waals surface area contributed by atoms with Crippen molar-refractivity contribution in [3.8, 4) is 0 Å². The van der Waals surface area contributed by atoms with Crippen LogP contribution in [0.4, 0.5) is 4.39 Å². The maximum atomic E-state index is 14.5. The average molecular weight is 560 g/mol. The Balaban J connectivity index is 1.46. The molecule has 3 aromatic carbocycles. The third-order valence-corrected chi connectivity index (χ3v) is 8.08. The first kappa shape index (κ1) is 26.9. The highest BCUT2D eigenvalue weighted by molar-refractivity contribution is 7.99. The third kappa shape index (κ3) is 7.42. The Hall–Kier alpha value is -3.18. The van der Waals surface area contributed by atoms with Gasteiger partial charge in [-0.3, -0.25) is 9.69 Å². The predicted molar refractivity (Wildman–Crippen MR) is 140 cm³/mol. The molecule has 7 nitrogen and oxygen atoms in total. The lowest BCUT2D eigenvalue weighted by molar-refractivity contribution is 0.0945. The van der Waals surface area contributed by atoms with Gasteiger partial charge in [-0.15, -0.1) is 11.8 Å². The first-order valence-electron chi connectivity index (χ1n) is 11.2. The lowest BCUT2D eigenvalue weighted by Crippen LogP contribution is -2.30. The number of benzene rings is 3. The van der Waals surface area contributed by atoms with Crippen LogP contribution >= 0.6 is 23.4 Å². The smallest absolute Gasteiger partial charge is 0.303 e. The molecular weight excluding hydrogens is 537 g/mol. The van der Waals surface area contributed by atoms with E-state index in [1.807, 2.05) is 35.1 Å². The molecule has 1 aromatic heterocycles. The van der Waals surface area contributed by atoms with E-state index < -0.39 is 15.9 Å². The Kier molecular flexibility index (Phi) is 8.99. The summed E-state index contributed by atoms with van der Waals surface area (Å²) in [5.74, 6) is -0.741. The Morgan fingerprint density at radius 3 is 2.43 bits per heavy atom. The molecule has 0 bridgehead atoms. The fourth-order valence-corrected chi connectivity index (χ4v) is 5.64. The molecule has 11 heteroatoms. The van der Waals surface area contributed by atoms with E-state index >= 15 is 0 Å². The van der Waals surface area contributed by atoms with Crippen LogP contribution in [0.3, 0.4) is 0 Å². The van der Waals surface area contributed by atoms with Crippen LogP contribution in [0, 0.1) is 5.82 Å². The summed E-state index contributed by atoms with van der Waals surface area (Å²) in [6.45, 7) is 1.36. The van der Waals surface area contributed by atoms with Crippen LogP contribution in [0.2, 0.25) is 5.02 Å². The van der Waals surface area contributed by atoms with Crippen molar-refractivity contribution in [1.82, 2.24) is 14.8 Å². The van der Waals surface area contributed by atoms with E-state index in [1.165, 1.54) is 30.5 Å². The van der Waals surface area contributed by atoms with Gasteiger partial charge in [0.1, 0.15) is 5.82 Å². The lowest BCUT2D eigenvalue weighted by atomic mass is 10.1. The summed E-state index contributed by atoms with van der Waals surface area (Å²) >= 11 is 7.96. The molecule has 0 fully saturated rings. The number of rotatable bonds is 11. The lowest BCUT2D eigenvalue weighted by Gasteiger charge is -2.23. The molecule has 0 aliphatic rings. The molecule has 1 amide bonds. The van der Waals surface area contributed by atoms with Crippen molar-refractivity contribution in [3.63, 3.8) is 0 Å². The van der Waals surface area contributed by atoms with Gasteiger partial charge in [0.2, 0.25) is 5.76 Å². The zero-order chi connectivity index (χ0) is 26.3. The summed E-state index contributed by atoms with van der Waals surface area (Å²) in [7, 11) is -4.11. The van der Waals surface area contributed by atoms with Crippen LogP contribution < -0.4 is 4.72 Å². The molecule has 0 saturated heterocycles. The van der Waals surface area contributed by atoms with Crippen molar-refractivity contribution in [2.24, 2.45) is 0 Å². The zero-order valence-corrected chi connectivity index (χ0v) is 21.9. The second-order valence-corrected chi connectivity index (χ2v) is 11.3. The molecule has 0 aliphatic carbocycles. The van der Waals surface area contributed by atoms with Crippen molar-refractivity contribution in [1.29, 1.82) is 0 Å². The van der Waals surface area contributed by atoms with Crippen molar-refractivity contribution in [2.75, 3.05) is 12.3 Å². The Morgan fingerprint density at radius 2 is 1.76 bits per heavy atom. The molecule has 1 heterocycles. The van der Waals surface area contributed by atoms with Crippen LogP contribution in [0.5, 0.6) is 0 Å². The number of sulfonamides is 1. The largest absolute Gasteiger partial charge is 0.351 e. The normalized spacial score (nSPS) is 11.5. The maximum absolute atomic E-state index is 14.5. The Labute approximate surface area is 223 Å². The molecule has 0 radical (unpaired) electrons. The Bertz CT molecular complexity index is 1410. The number of aromatic nitrogens is 1. The first-order valence-corrected chi connectivity index (χ1v) is 14.1. The van der Waals surface area contributed by atoms with Gasteiger partial charge in [0.05, 0.1) is 11.1 Å². The summed E-state index contributed by atoms with van der Waals surface area (Å²) in [4.78, 5) is 15.2. The van der Waals surface area contributed by atoms with Gasteiger partial charge in [-0.1, -0.05) is 53.2 Å². The number of nitrogens with zero attached hydrogens (tertiary/aromatic N) is 2. The van der Waals surface area contributed by atoms with Crippen molar-refractivity contribution in [3.05, 3.63) is 113 Å². The molecule has 0 spiro atoms.